The molecule has 0 aliphatic rings. The molecule has 3 nitrogen and oxygen atoms in total. The molecular weight excluding hydrogens is 246 g/mol. The summed E-state index contributed by atoms with van der Waals surface area (Å²) in [5.74, 6) is 0. The first-order chi connectivity index (χ1) is 8.60. The molecule has 0 aliphatic heterocycles. The largest absolute Gasteiger partial charge is 0.397 e. The average molecular weight is 258 g/mol. The van der Waals surface area contributed by atoms with Crippen molar-refractivity contribution in [3.8, 4) is 6.07 Å². The Bertz CT molecular complexity index is 629. The molecule has 0 saturated carbocycles. The van der Waals surface area contributed by atoms with E-state index in [4.69, 9.17) is 22.6 Å². The van der Waals surface area contributed by atoms with Crippen molar-refractivity contribution in [3.05, 3.63) is 52.5 Å². The average Bonchev–Trinajstić information content (AvgIpc) is 2.35. The molecule has 4 heteroatoms. The van der Waals surface area contributed by atoms with Crippen molar-refractivity contribution in [1.82, 2.24) is 0 Å². The summed E-state index contributed by atoms with van der Waals surface area (Å²) >= 11 is 6.14. The van der Waals surface area contributed by atoms with Crippen molar-refractivity contribution in [2.45, 2.75) is 6.92 Å². The number of anilines is 3. The maximum Gasteiger partial charge on any atom is 0.0992 e. The number of nitrogen functional groups attached to an aromatic ring is 1. The van der Waals surface area contributed by atoms with Crippen LogP contribution in [0.1, 0.15) is 11.1 Å². The molecule has 90 valence electrons. The number of nitriles is 1. The maximum absolute atomic E-state index is 8.87. The van der Waals surface area contributed by atoms with E-state index in [1.165, 1.54) is 0 Å². The van der Waals surface area contributed by atoms with E-state index in [9.17, 15) is 0 Å². The van der Waals surface area contributed by atoms with Crippen molar-refractivity contribution in [1.29, 1.82) is 5.26 Å². The SMILES string of the molecule is Cc1ccc(Nc2cc(C#N)ccc2N)c(Cl)c1. The number of nitrogens with one attached hydrogen (secondary N) is 1. The Balaban J connectivity index is 2.37. The van der Waals surface area contributed by atoms with Crippen LogP contribution in [0, 0.1) is 18.3 Å². The fourth-order valence-electron chi connectivity index (χ4n) is 1.60. The van der Waals surface area contributed by atoms with Gasteiger partial charge in [0.05, 0.1) is 33.7 Å². The number of halogens is 1. The molecule has 0 fully saturated rings. The lowest BCUT2D eigenvalue weighted by atomic mass is 10.1. The summed E-state index contributed by atoms with van der Waals surface area (Å²) in [6.45, 7) is 1.97. The second-order valence-corrected chi connectivity index (χ2v) is 4.43. The zero-order valence-corrected chi connectivity index (χ0v) is 10.6. The van der Waals surface area contributed by atoms with Gasteiger partial charge in [-0.1, -0.05) is 17.7 Å². The highest BCUT2D eigenvalue weighted by molar-refractivity contribution is 6.33. The van der Waals surface area contributed by atoms with Gasteiger partial charge in [0.15, 0.2) is 0 Å². The van der Waals surface area contributed by atoms with Crippen LogP contribution in [0.2, 0.25) is 5.02 Å². The van der Waals surface area contributed by atoms with E-state index in [1.54, 1.807) is 18.2 Å². The van der Waals surface area contributed by atoms with E-state index in [2.05, 4.69) is 11.4 Å². The predicted octanol–water partition coefficient (Wildman–Crippen LogP) is 3.85. The van der Waals surface area contributed by atoms with Crippen LogP contribution in [0.25, 0.3) is 0 Å². The molecule has 18 heavy (non-hydrogen) atoms. The fourth-order valence-corrected chi connectivity index (χ4v) is 1.88. The summed E-state index contributed by atoms with van der Waals surface area (Å²) in [6, 6.07) is 12.9. The van der Waals surface area contributed by atoms with Gasteiger partial charge in [0.2, 0.25) is 0 Å². The molecule has 0 aliphatic carbocycles. The summed E-state index contributed by atoms with van der Waals surface area (Å²) in [5.41, 5.74) is 9.52. The van der Waals surface area contributed by atoms with Gasteiger partial charge in [-0.05, 0) is 42.8 Å². The van der Waals surface area contributed by atoms with Gasteiger partial charge < -0.3 is 11.1 Å². The second kappa shape index (κ2) is 4.99. The molecule has 0 radical (unpaired) electrons. The Hall–Kier alpha value is -2.18. The van der Waals surface area contributed by atoms with E-state index < -0.39 is 0 Å². The van der Waals surface area contributed by atoms with Crippen molar-refractivity contribution < 1.29 is 0 Å². The van der Waals surface area contributed by atoms with E-state index in [0.717, 1.165) is 11.3 Å². The normalized spacial score (nSPS) is 9.83. The number of nitrogens with zero attached hydrogens (tertiary/aromatic N) is 1. The number of benzene rings is 2. The molecule has 0 atom stereocenters. The van der Waals surface area contributed by atoms with Crippen LogP contribution >= 0.6 is 11.6 Å². The molecule has 0 saturated heterocycles. The summed E-state index contributed by atoms with van der Waals surface area (Å²) in [4.78, 5) is 0. The number of aryl methyl sites for hydroxylation is 1. The summed E-state index contributed by atoms with van der Waals surface area (Å²) < 4.78 is 0. The Morgan fingerprint density at radius 2 is 1.94 bits per heavy atom. The van der Waals surface area contributed by atoms with Gasteiger partial charge in [-0.2, -0.15) is 5.26 Å². The standard InChI is InChI=1S/C14H12ClN3/c1-9-2-5-13(11(15)6-9)18-14-7-10(8-16)3-4-12(14)17/h2-7,18H,17H2,1H3. The fraction of sp³-hybridized carbons (Fsp3) is 0.0714. The van der Waals surface area contributed by atoms with Crippen molar-refractivity contribution in [2.75, 3.05) is 11.1 Å². The number of nitrogens with two attached hydrogens (primary N) is 1. The van der Waals surface area contributed by atoms with Gasteiger partial charge in [-0.3, -0.25) is 0 Å². The quantitative estimate of drug-likeness (QED) is 0.804. The second-order valence-electron chi connectivity index (χ2n) is 4.02. The first-order valence-electron chi connectivity index (χ1n) is 5.43. The van der Waals surface area contributed by atoms with Crippen molar-refractivity contribution >= 4 is 28.7 Å². The molecule has 3 N–H and O–H groups in total. The minimum absolute atomic E-state index is 0.551. The summed E-state index contributed by atoms with van der Waals surface area (Å²) in [6.07, 6.45) is 0. The summed E-state index contributed by atoms with van der Waals surface area (Å²) in [5, 5.41) is 12.6. The molecule has 0 bridgehead atoms. The first-order valence-corrected chi connectivity index (χ1v) is 5.81. The van der Waals surface area contributed by atoms with Gasteiger partial charge >= 0.3 is 0 Å². The van der Waals surface area contributed by atoms with Crippen LogP contribution < -0.4 is 11.1 Å². The van der Waals surface area contributed by atoms with Gasteiger partial charge in [0.25, 0.3) is 0 Å². The third-order valence-electron chi connectivity index (χ3n) is 2.58. The number of rotatable bonds is 2. The lowest BCUT2D eigenvalue weighted by Crippen LogP contribution is -1.97. The Morgan fingerprint density at radius 1 is 1.17 bits per heavy atom. The van der Waals surface area contributed by atoms with Gasteiger partial charge in [-0.15, -0.1) is 0 Å². The van der Waals surface area contributed by atoms with Gasteiger partial charge in [0, 0.05) is 0 Å². The molecule has 0 amide bonds. The van der Waals surface area contributed by atoms with E-state index in [-0.39, 0.29) is 0 Å². The van der Waals surface area contributed by atoms with Crippen LogP contribution in [0.5, 0.6) is 0 Å². The lowest BCUT2D eigenvalue weighted by Gasteiger charge is -2.11. The molecule has 0 spiro atoms. The predicted molar refractivity (Wildman–Crippen MR) is 75.0 cm³/mol. The van der Waals surface area contributed by atoms with Crippen LogP contribution in [-0.4, -0.2) is 0 Å². The summed E-state index contributed by atoms with van der Waals surface area (Å²) in [7, 11) is 0. The highest BCUT2D eigenvalue weighted by Gasteiger charge is 2.05. The Morgan fingerprint density at radius 3 is 2.61 bits per heavy atom. The van der Waals surface area contributed by atoms with E-state index in [1.807, 2.05) is 25.1 Å². The first kappa shape index (κ1) is 12.3. The third kappa shape index (κ3) is 2.55. The molecule has 0 aromatic heterocycles. The third-order valence-corrected chi connectivity index (χ3v) is 2.89. The van der Waals surface area contributed by atoms with Crippen LogP contribution in [0.3, 0.4) is 0 Å². The minimum atomic E-state index is 0.551. The minimum Gasteiger partial charge on any atom is -0.397 e. The lowest BCUT2D eigenvalue weighted by molar-refractivity contribution is 1.44. The molecule has 0 heterocycles. The van der Waals surface area contributed by atoms with Crippen LogP contribution in [0.4, 0.5) is 17.1 Å². The van der Waals surface area contributed by atoms with Crippen molar-refractivity contribution in [3.63, 3.8) is 0 Å². The molecule has 0 unspecified atom stereocenters. The van der Waals surface area contributed by atoms with E-state index in [0.29, 0.717) is 22.0 Å². The highest BCUT2D eigenvalue weighted by Crippen LogP contribution is 2.29. The molecular formula is C14H12ClN3. The number of hydrogen-bond donors (Lipinski definition) is 2. The molecule has 2 rings (SSSR count). The van der Waals surface area contributed by atoms with Crippen LogP contribution in [0.15, 0.2) is 36.4 Å². The topological polar surface area (TPSA) is 61.8 Å². The maximum atomic E-state index is 8.87. The Labute approximate surface area is 111 Å². The van der Waals surface area contributed by atoms with E-state index >= 15 is 0 Å². The van der Waals surface area contributed by atoms with Crippen LogP contribution in [-0.2, 0) is 0 Å². The number of hydrogen-bond acceptors (Lipinski definition) is 3. The zero-order chi connectivity index (χ0) is 13.1. The zero-order valence-electron chi connectivity index (χ0n) is 9.87. The molecule has 2 aromatic rings. The van der Waals surface area contributed by atoms with Gasteiger partial charge in [0.1, 0.15) is 0 Å². The Kier molecular flexibility index (Phi) is 3.40. The van der Waals surface area contributed by atoms with Crippen molar-refractivity contribution in [2.24, 2.45) is 0 Å². The highest BCUT2D eigenvalue weighted by atomic mass is 35.5. The van der Waals surface area contributed by atoms with Gasteiger partial charge in [-0.25, -0.2) is 0 Å². The monoisotopic (exact) mass is 257 g/mol. The smallest absolute Gasteiger partial charge is 0.0992 e. The molecule has 2 aromatic carbocycles.